The van der Waals surface area contributed by atoms with E-state index >= 15 is 0 Å². The number of nitrogens with one attached hydrogen (secondary N) is 2. The van der Waals surface area contributed by atoms with E-state index in [0.717, 1.165) is 25.9 Å². The summed E-state index contributed by atoms with van der Waals surface area (Å²) in [5.74, 6) is -0.212. The highest BCUT2D eigenvalue weighted by Gasteiger charge is 2.14. The molecule has 1 aromatic carbocycles. The molecule has 2 rings (SSSR count). The average molecular weight is 276 g/mol. The monoisotopic (exact) mass is 276 g/mol. The number of Topliss-reactive ketones (excluding diaryl/α,β-unsaturated/α-hetero) is 1. The molecule has 0 atom stereocenters. The first kappa shape index (κ1) is 14.7. The second-order valence-electron chi connectivity index (χ2n) is 4.95. The highest BCUT2D eigenvalue weighted by Crippen LogP contribution is 2.12. The van der Waals surface area contributed by atoms with Gasteiger partial charge in [0.25, 0.3) is 0 Å². The van der Waals surface area contributed by atoms with E-state index in [1.54, 1.807) is 24.3 Å². The molecule has 1 aromatic rings. The van der Waals surface area contributed by atoms with E-state index in [9.17, 15) is 9.59 Å². The van der Waals surface area contributed by atoms with E-state index in [1.807, 2.05) is 0 Å². The number of ketones is 1. The largest absolute Gasteiger partial charge is 0.368 e. The van der Waals surface area contributed by atoms with E-state index in [1.165, 1.54) is 6.92 Å². The third-order valence-electron chi connectivity index (χ3n) is 3.29. The van der Waals surface area contributed by atoms with Crippen LogP contribution >= 0.6 is 0 Å². The Balaban J connectivity index is 1.81. The van der Waals surface area contributed by atoms with E-state index in [-0.39, 0.29) is 24.4 Å². The smallest absolute Gasteiger partial charge is 0.250 e. The molecule has 0 spiro atoms. The molecule has 20 heavy (non-hydrogen) atoms. The maximum Gasteiger partial charge on any atom is 0.250 e. The fraction of sp³-hybridized carbons (Fsp3) is 0.467. The van der Waals surface area contributed by atoms with Crippen molar-refractivity contribution < 1.29 is 14.3 Å². The van der Waals surface area contributed by atoms with Crippen LogP contribution in [0.15, 0.2) is 24.3 Å². The Kier molecular flexibility index (Phi) is 5.26. The van der Waals surface area contributed by atoms with Crippen molar-refractivity contribution in [2.45, 2.75) is 25.9 Å². The predicted molar refractivity (Wildman–Crippen MR) is 76.9 cm³/mol. The molecule has 0 aliphatic carbocycles. The molecule has 1 fully saturated rings. The standard InChI is InChI=1S/C15H20N2O3/c1-11(18)12-3-2-4-13(9-12)17-15(19)10-20-14-5-7-16-8-6-14/h2-4,9,14,16H,5-8,10H2,1H3,(H,17,19). The molecule has 1 heterocycles. The second kappa shape index (κ2) is 7.17. The van der Waals surface area contributed by atoms with Gasteiger partial charge in [0.05, 0.1) is 6.10 Å². The Hall–Kier alpha value is -1.72. The summed E-state index contributed by atoms with van der Waals surface area (Å²) in [6.45, 7) is 3.43. The van der Waals surface area contributed by atoms with Gasteiger partial charge >= 0.3 is 0 Å². The van der Waals surface area contributed by atoms with Gasteiger partial charge in [-0.3, -0.25) is 9.59 Å². The highest BCUT2D eigenvalue weighted by molar-refractivity contribution is 5.97. The fourth-order valence-corrected chi connectivity index (χ4v) is 2.17. The lowest BCUT2D eigenvalue weighted by molar-refractivity contribution is -0.123. The number of anilines is 1. The lowest BCUT2D eigenvalue weighted by Crippen LogP contribution is -2.34. The topological polar surface area (TPSA) is 67.4 Å². The molecule has 5 nitrogen and oxygen atoms in total. The lowest BCUT2D eigenvalue weighted by Gasteiger charge is -2.22. The minimum absolute atomic E-state index is 0.0212. The van der Waals surface area contributed by atoms with E-state index in [4.69, 9.17) is 4.74 Å². The summed E-state index contributed by atoms with van der Waals surface area (Å²) in [7, 11) is 0. The summed E-state index contributed by atoms with van der Waals surface area (Å²) < 4.78 is 5.58. The Morgan fingerprint density at radius 1 is 1.35 bits per heavy atom. The van der Waals surface area contributed by atoms with Crippen LogP contribution in [0.5, 0.6) is 0 Å². The molecule has 1 amide bonds. The Bertz CT molecular complexity index is 482. The molecule has 0 saturated carbocycles. The minimum Gasteiger partial charge on any atom is -0.368 e. The van der Waals surface area contributed by atoms with Crippen molar-refractivity contribution in [2.75, 3.05) is 25.0 Å². The van der Waals surface area contributed by atoms with Crippen LogP contribution in [0.1, 0.15) is 30.1 Å². The van der Waals surface area contributed by atoms with Crippen molar-refractivity contribution in [1.82, 2.24) is 5.32 Å². The van der Waals surface area contributed by atoms with Crippen LogP contribution in [0, 0.1) is 0 Å². The molecular weight excluding hydrogens is 256 g/mol. The number of amides is 1. The summed E-state index contributed by atoms with van der Waals surface area (Å²) in [4.78, 5) is 23.1. The molecule has 0 bridgehead atoms. The van der Waals surface area contributed by atoms with Gasteiger partial charge in [-0.25, -0.2) is 0 Å². The van der Waals surface area contributed by atoms with Gasteiger partial charge in [-0.2, -0.15) is 0 Å². The van der Waals surface area contributed by atoms with Gasteiger partial charge in [-0.05, 0) is 45.0 Å². The van der Waals surface area contributed by atoms with Crippen LogP contribution in [0.3, 0.4) is 0 Å². The molecule has 1 aliphatic heterocycles. The SMILES string of the molecule is CC(=O)c1cccc(NC(=O)COC2CCNCC2)c1. The van der Waals surface area contributed by atoms with Gasteiger partial charge in [0.2, 0.25) is 5.91 Å². The number of carbonyl (C=O) groups excluding carboxylic acids is 2. The van der Waals surface area contributed by atoms with Gasteiger partial charge in [0, 0.05) is 11.3 Å². The molecule has 5 heteroatoms. The number of hydrogen-bond donors (Lipinski definition) is 2. The first-order chi connectivity index (χ1) is 9.65. The highest BCUT2D eigenvalue weighted by atomic mass is 16.5. The van der Waals surface area contributed by atoms with Gasteiger partial charge in [0.1, 0.15) is 6.61 Å². The predicted octanol–water partition coefficient (Wildman–Crippen LogP) is 1.60. The van der Waals surface area contributed by atoms with Crippen LogP contribution in [0.25, 0.3) is 0 Å². The first-order valence-electron chi connectivity index (χ1n) is 6.88. The summed E-state index contributed by atoms with van der Waals surface area (Å²) in [6.07, 6.45) is 2.03. The van der Waals surface area contributed by atoms with Crippen molar-refractivity contribution in [3.63, 3.8) is 0 Å². The summed E-state index contributed by atoms with van der Waals surface area (Å²) >= 11 is 0. The summed E-state index contributed by atoms with van der Waals surface area (Å²) in [5.41, 5.74) is 1.21. The lowest BCUT2D eigenvalue weighted by atomic mass is 10.1. The summed E-state index contributed by atoms with van der Waals surface area (Å²) in [6, 6.07) is 6.91. The number of benzene rings is 1. The second-order valence-corrected chi connectivity index (χ2v) is 4.95. The van der Waals surface area contributed by atoms with Gasteiger partial charge in [0.15, 0.2) is 5.78 Å². The molecule has 0 unspecified atom stereocenters. The van der Waals surface area contributed by atoms with Crippen LogP contribution < -0.4 is 10.6 Å². The normalized spacial score (nSPS) is 15.8. The van der Waals surface area contributed by atoms with E-state index in [2.05, 4.69) is 10.6 Å². The number of carbonyl (C=O) groups is 2. The number of rotatable bonds is 5. The molecule has 1 aliphatic rings. The number of ether oxygens (including phenoxy) is 1. The zero-order valence-electron chi connectivity index (χ0n) is 11.6. The van der Waals surface area contributed by atoms with Crippen LogP contribution in [-0.4, -0.2) is 37.5 Å². The van der Waals surface area contributed by atoms with E-state index in [0.29, 0.717) is 11.3 Å². The zero-order valence-corrected chi connectivity index (χ0v) is 11.6. The van der Waals surface area contributed by atoms with Crippen LogP contribution in [0.2, 0.25) is 0 Å². The van der Waals surface area contributed by atoms with Gasteiger partial charge in [-0.1, -0.05) is 12.1 Å². The number of hydrogen-bond acceptors (Lipinski definition) is 4. The third-order valence-corrected chi connectivity index (χ3v) is 3.29. The Morgan fingerprint density at radius 2 is 2.10 bits per heavy atom. The van der Waals surface area contributed by atoms with Crippen LogP contribution in [-0.2, 0) is 9.53 Å². The van der Waals surface area contributed by atoms with Crippen molar-refractivity contribution in [1.29, 1.82) is 0 Å². The third kappa shape index (κ3) is 4.43. The van der Waals surface area contributed by atoms with Crippen molar-refractivity contribution in [3.8, 4) is 0 Å². The zero-order chi connectivity index (χ0) is 14.4. The molecule has 108 valence electrons. The van der Waals surface area contributed by atoms with Gasteiger partial charge in [-0.15, -0.1) is 0 Å². The van der Waals surface area contributed by atoms with Gasteiger partial charge < -0.3 is 15.4 Å². The number of piperidine rings is 1. The Labute approximate surface area is 118 Å². The molecule has 2 N–H and O–H groups in total. The van der Waals surface area contributed by atoms with Crippen molar-refractivity contribution >= 4 is 17.4 Å². The van der Waals surface area contributed by atoms with Crippen molar-refractivity contribution in [2.24, 2.45) is 0 Å². The average Bonchev–Trinajstić information content (AvgIpc) is 2.46. The fourth-order valence-electron chi connectivity index (χ4n) is 2.17. The molecule has 1 saturated heterocycles. The maximum atomic E-state index is 11.8. The first-order valence-corrected chi connectivity index (χ1v) is 6.88. The quantitative estimate of drug-likeness (QED) is 0.802. The maximum absolute atomic E-state index is 11.8. The summed E-state index contributed by atoms with van der Waals surface area (Å²) in [5, 5.41) is 5.99. The van der Waals surface area contributed by atoms with Crippen molar-refractivity contribution in [3.05, 3.63) is 29.8 Å². The molecule has 0 radical (unpaired) electrons. The molecule has 0 aromatic heterocycles. The van der Waals surface area contributed by atoms with Crippen LogP contribution in [0.4, 0.5) is 5.69 Å². The van der Waals surface area contributed by atoms with E-state index < -0.39 is 0 Å². The molecular formula is C15H20N2O3. The minimum atomic E-state index is -0.191. The Morgan fingerprint density at radius 3 is 2.80 bits per heavy atom.